The molecule has 2 atom stereocenters. The van der Waals surface area contributed by atoms with Gasteiger partial charge < -0.3 is 9.63 Å². The molecule has 0 amide bonds. The van der Waals surface area contributed by atoms with Gasteiger partial charge in [0, 0.05) is 11.5 Å². The topological polar surface area (TPSA) is 76.2 Å². The number of benzene rings is 1. The van der Waals surface area contributed by atoms with E-state index in [9.17, 15) is 9.18 Å². The summed E-state index contributed by atoms with van der Waals surface area (Å²) >= 11 is 3.08. The minimum Gasteiger partial charge on any atom is -0.481 e. The fraction of sp³-hybridized carbons (Fsp3) is 0.308. The highest BCUT2D eigenvalue weighted by molar-refractivity contribution is 9.10. The maximum Gasteiger partial charge on any atom is 0.307 e. The summed E-state index contributed by atoms with van der Waals surface area (Å²) in [5.74, 6) is -1.81. The van der Waals surface area contributed by atoms with Gasteiger partial charge in [0.25, 0.3) is 0 Å². The van der Waals surface area contributed by atoms with Crippen molar-refractivity contribution < 1.29 is 18.8 Å². The average Bonchev–Trinajstić information content (AvgIpc) is 2.89. The number of aromatic nitrogens is 2. The Kier molecular flexibility index (Phi) is 4.17. The first-order chi connectivity index (χ1) is 9.40. The van der Waals surface area contributed by atoms with Crippen LogP contribution in [0.25, 0.3) is 11.4 Å². The predicted molar refractivity (Wildman–Crippen MR) is 72.6 cm³/mol. The molecule has 0 aliphatic carbocycles. The normalized spacial score (nSPS) is 14.0. The summed E-state index contributed by atoms with van der Waals surface area (Å²) in [5.41, 5.74) is 0.587. The predicted octanol–water partition coefficient (Wildman–Crippen LogP) is 3.46. The van der Waals surface area contributed by atoms with Crippen LogP contribution in [0, 0.1) is 11.7 Å². The summed E-state index contributed by atoms with van der Waals surface area (Å²) in [7, 11) is 0. The highest BCUT2D eigenvalue weighted by Crippen LogP contribution is 2.27. The first-order valence-corrected chi connectivity index (χ1v) is 6.71. The number of halogens is 2. The second-order valence-electron chi connectivity index (χ2n) is 4.50. The van der Waals surface area contributed by atoms with Crippen molar-refractivity contribution >= 4 is 21.9 Å². The first-order valence-electron chi connectivity index (χ1n) is 5.92. The summed E-state index contributed by atoms with van der Waals surface area (Å²) < 4.78 is 18.6. The van der Waals surface area contributed by atoms with E-state index in [4.69, 9.17) is 9.63 Å². The molecule has 1 aromatic carbocycles. The summed E-state index contributed by atoms with van der Waals surface area (Å²) in [6.45, 7) is 3.28. The molecule has 5 nitrogen and oxygen atoms in total. The molecule has 0 aliphatic rings. The molecule has 0 saturated carbocycles. The van der Waals surface area contributed by atoms with Crippen LogP contribution >= 0.6 is 15.9 Å². The summed E-state index contributed by atoms with van der Waals surface area (Å²) in [6.07, 6.45) is 0. The summed E-state index contributed by atoms with van der Waals surface area (Å²) in [5, 5.41) is 12.8. The van der Waals surface area contributed by atoms with Crippen LogP contribution in [0.1, 0.15) is 25.7 Å². The van der Waals surface area contributed by atoms with Crippen molar-refractivity contribution in [2.75, 3.05) is 0 Å². The highest BCUT2D eigenvalue weighted by atomic mass is 79.9. The molecule has 1 heterocycles. The molecule has 0 aliphatic heterocycles. The largest absolute Gasteiger partial charge is 0.481 e. The number of carboxylic acid groups (broad SMARTS) is 1. The third-order valence-electron chi connectivity index (χ3n) is 3.15. The minimum atomic E-state index is -0.929. The average molecular weight is 343 g/mol. The van der Waals surface area contributed by atoms with E-state index >= 15 is 0 Å². The number of hydrogen-bond donors (Lipinski definition) is 1. The van der Waals surface area contributed by atoms with E-state index in [-0.39, 0.29) is 11.7 Å². The zero-order chi connectivity index (χ0) is 14.9. The summed E-state index contributed by atoms with van der Waals surface area (Å²) in [6, 6.07) is 4.36. The van der Waals surface area contributed by atoms with E-state index in [0.29, 0.717) is 15.9 Å². The van der Waals surface area contributed by atoms with Crippen LogP contribution in [-0.4, -0.2) is 21.2 Å². The van der Waals surface area contributed by atoms with Gasteiger partial charge in [-0.1, -0.05) is 19.0 Å². The second-order valence-corrected chi connectivity index (χ2v) is 5.36. The molecule has 106 valence electrons. The van der Waals surface area contributed by atoms with Crippen molar-refractivity contribution in [3.63, 3.8) is 0 Å². The van der Waals surface area contributed by atoms with Crippen molar-refractivity contribution in [2.45, 2.75) is 19.8 Å². The molecule has 1 aromatic heterocycles. The number of aliphatic carboxylic acids is 1. The fourth-order valence-electron chi connectivity index (χ4n) is 1.60. The van der Waals surface area contributed by atoms with E-state index < -0.39 is 17.8 Å². The molecule has 0 spiro atoms. The second kappa shape index (κ2) is 5.70. The summed E-state index contributed by atoms with van der Waals surface area (Å²) in [4.78, 5) is 15.1. The van der Waals surface area contributed by atoms with Gasteiger partial charge in [0.2, 0.25) is 11.7 Å². The Morgan fingerprint density at radius 1 is 1.45 bits per heavy atom. The van der Waals surface area contributed by atoms with Crippen molar-refractivity contribution in [1.82, 2.24) is 10.1 Å². The first kappa shape index (κ1) is 14.6. The molecule has 2 rings (SSSR count). The lowest BCUT2D eigenvalue weighted by molar-refractivity contribution is -0.141. The number of hydrogen-bond acceptors (Lipinski definition) is 4. The van der Waals surface area contributed by atoms with Crippen molar-refractivity contribution in [3.8, 4) is 11.4 Å². The van der Waals surface area contributed by atoms with Crippen LogP contribution in [0.3, 0.4) is 0 Å². The number of carbonyl (C=O) groups is 1. The van der Waals surface area contributed by atoms with Crippen molar-refractivity contribution in [1.29, 1.82) is 0 Å². The van der Waals surface area contributed by atoms with Gasteiger partial charge in [-0.15, -0.1) is 0 Å². The van der Waals surface area contributed by atoms with E-state index in [1.165, 1.54) is 18.2 Å². The van der Waals surface area contributed by atoms with Crippen LogP contribution in [0.5, 0.6) is 0 Å². The lowest BCUT2D eigenvalue weighted by atomic mass is 9.96. The molecule has 0 saturated heterocycles. The van der Waals surface area contributed by atoms with Crippen molar-refractivity contribution in [2.24, 2.45) is 5.92 Å². The zero-order valence-electron chi connectivity index (χ0n) is 10.8. The molecule has 20 heavy (non-hydrogen) atoms. The maximum atomic E-state index is 13.2. The fourth-order valence-corrected chi connectivity index (χ4v) is 1.98. The Balaban J connectivity index is 2.28. The monoisotopic (exact) mass is 342 g/mol. The molecular weight excluding hydrogens is 331 g/mol. The van der Waals surface area contributed by atoms with Gasteiger partial charge in [-0.25, -0.2) is 4.39 Å². The van der Waals surface area contributed by atoms with E-state index in [1.807, 2.05) is 0 Å². The molecule has 2 unspecified atom stereocenters. The molecule has 0 bridgehead atoms. The Bertz CT molecular complexity index is 644. The molecular formula is C13H12BrFN2O3. The Morgan fingerprint density at radius 3 is 2.75 bits per heavy atom. The van der Waals surface area contributed by atoms with Gasteiger partial charge in [-0.05, 0) is 34.1 Å². The van der Waals surface area contributed by atoms with Crippen LogP contribution in [-0.2, 0) is 4.79 Å². The van der Waals surface area contributed by atoms with Crippen LogP contribution in [0.15, 0.2) is 27.2 Å². The van der Waals surface area contributed by atoms with E-state index in [1.54, 1.807) is 13.8 Å². The van der Waals surface area contributed by atoms with Crippen molar-refractivity contribution in [3.05, 3.63) is 34.4 Å². The van der Waals surface area contributed by atoms with Gasteiger partial charge in [0.1, 0.15) is 5.82 Å². The van der Waals surface area contributed by atoms with E-state index in [0.717, 1.165) is 0 Å². The Morgan fingerprint density at radius 2 is 2.15 bits per heavy atom. The molecule has 0 fully saturated rings. The molecule has 1 N–H and O–H groups in total. The lowest BCUT2D eigenvalue weighted by Crippen LogP contribution is -2.16. The molecule has 0 radical (unpaired) electrons. The van der Waals surface area contributed by atoms with Gasteiger partial charge in [-0.2, -0.15) is 4.98 Å². The van der Waals surface area contributed by atoms with Crippen LogP contribution in [0.4, 0.5) is 4.39 Å². The number of nitrogens with zero attached hydrogens (tertiary/aromatic N) is 2. The Labute approximate surface area is 122 Å². The van der Waals surface area contributed by atoms with E-state index in [2.05, 4.69) is 26.1 Å². The molecule has 7 heteroatoms. The third kappa shape index (κ3) is 2.87. The highest BCUT2D eigenvalue weighted by Gasteiger charge is 2.26. The quantitative estimate of drug-likeness (QED) is 0.920. The molecule has 2 aromatic rings. The van der Waals surface area contributed by atoms with Gasteiger partial charge in [0.15, 0.2) is 0 Å². The maximum absolute atomic E-state index is 13.2. The van der Waals surface area contributed by atoms with Crippen LogP contribution < -0.4 is 0 Å². The third-order valence-corrected chi connectivity index (χ3v) is 3.76. The van der Waals surface area contributed by atoms with Gasteiger partial charge >= 0.3 is 5.97 Å². The van der Waals surface area contributed by atoms with Crippen LogP contribution in [0.2, 0.25) is 0 Å². The SMILES string of the molecule is CC(C(=O)O)C(C)c1nc(-c2ccc(F)c(Br)c2)no1. The van der Waals surface area contributed by atoms with Gasteiger partial charge in [-0.3, -0.25) is 4.79 Å². The lowest BCUT2D eigenvalue weighted by Gasteiger charge is -2.10. The minimum absolute atomic E-state index is 0.246. The zero-order valence-corrected chi connectivity index (χ0v) is 12.4. The smallest absolute Gasteiger partial charge is 0.307 e. The standard InChI is InChI=1S/C13H12BrFN2O3/c1-6(7(2)13(18)19)12-16-11(17-20-12)8-3-4-10(15)9(14)5-8/h3-7H,1-2H3,(H,18,19). The Hall–Kier alpha value is -1.76. The number of carboxylic acids is 1. The number of rotatable bonds is 4. The van der Waals surface area contributed by atoms with Gasteiger partial charge in [0.05, 0.1) is 10.4 Å².